The number of aromatic nitrogens is 1. The zero-order valence-electron chi connectivity index (χ0n) is 9.35. The van der Waals surface area contributed by atoms with Crippen LogP contribution in [0.25, 0.3) is 0 Å². The summed E-state index contributed by atoms with van der Waals surface area (Å²) in [7, 11) is 0. The first kappa shape index (κ1) is 11.8. The summed E-state index contributed by atoms with van der Waals surface area (Å²) in [5.74, 6) is 0.0141. The van der Waals surface area contributed by atoms with E-state index in [1.165, 1.54) is 0 Å². The third-order valence-electron chi connectivity index (χ3n) is 2.67. The molecule has 1 fully saturated rings. The van der Waals surface area contributed by atoms with Crippen LogP contribution in [0.3, 0.4) is 0 Å². The van der Waals surface area contributed by atoms with E-state index in [-0.39, 0.29) is 5.91 Å². The lowest BCUT2D eigenvalue weighted by Gasteiger charge is -2.23. The molecule has 1 aromatic heterocycles. The molecule has 6 heteroatoms. The molecule has 2 rings (SSSR count). The minimum Gasteiger partial charge on any atom is -0.389 e. The maximum absolute atomic E-state index is 11.5. The summed E-state index contributed by atoms with van der Waals surface area (Å²) in [6, 6.07) is 1.78. The standard InChI is InChI=1S/C11H14N4OS/c12-11(17)8-2-4-13-6-9(8)15-5-1-3-14-10(16)7-15/h2,4,6H,1,3,5,7H2,(H2,12,17)(H,14,16). The van der Waals surface area contributed by atoms with Gasteiger partial charge in [-0.25, -0.2) is 0 Å². The van der Waals surface area contributed by atoms with Gasteiger partial charge in [-0.05, 0) is 12.5 Å². The zero-order chi connectivity index (χ0) is 12.3. The number of nitrogens with zero attached hydrogens (tertiary/aromatic N) is 2. The molecule has 1 aromatic rings. The predicted octanol–water partition coefficient (Wildman–Crippen LogP) is 0.0421. The molecular formula is C11H14N4OS. The molecule has 17 heavy (non-hydrogen) atoms. The maximum Gasteiger partial charge on any atom is 0.239 e. The van der Waals surface area contributed by atoms with Gasteiger partial charge < -0.3 is 16.0 Å². The van der Waals surface area contributed by atoms with Crippen LogP contribution in [0.15, 0.2) is 18.5 Å². The Morgan fingerprint density at radius 1 is 1.59 bits per heavy atom. The lowest BCUT2D eigenvalue weighted by atomic mass is 10.2. The monoisotopic (exact) mass is 250 g/mol. The number of nitrogens with two attached hydrogens (primary N) is 1. The van der Waals surface area contributed by atoms with Crippen molar-refractivity contribution in [1.82, 2.24) is 10.3 Å². The molecule has 0 saturated carbocycles. The summed E-state index contributed by atoms with van der Waals surface area (Å²) in [6.07, 6.45) is 4.25. The second-order valence-corrected chi connectivity index (χ2v) is 4.32. The Kier molecular flexibility index (Phi) is 3.53. The van der Waals surface area contributed by atoms with Gasteiger partial charge in [-0.2, -0.15) is 0 Å². The zero-order valence-corrected chi connectivity index (χ0v) is 10.2. The highest BCUT2D eigenvalue weighted by Gasteiger charge is 2.18. The van der Waals surface area contributed by atoms with Crippen molar-refractivity contribution < 1.29 is 4.79 Å². The fraction of sp³-hybridized carbons (Fsp3) is 0.364. The lowest BCUT2D eigenvalue weighted by Crippen LogP contribution is -2.34. The van der Waals surface area contributed by atoms with Gasteiger partial charge in [-0.1, -0.05) is 12.2 Å². The predicted molar refractivity (Wildman–Crippen MR) is 70.0 cm³/mol. The first-order valence-electron chi connectivity index (χ1n) is 5.44. The second kappa shape index (κ2) is 5.09. The van der Waals surface area contributed by atoms with E-state index in [2.05, 4.69) is 10.3 Å². The molecule has 0 spiro atoms. The fourth-order valence-corrected chi connectivity index (χ4v) is 2.03. The van der Waals surface area contributed by atoms with Crippen LogP contribution in [0.1, 0.15) is 12.0 Å². The molecule has 5 nitrogen and oxygen atoms in total. The smallest absolute Gasteiger partial charge is 0.239 e. The minimum absolute atomic E-state index is 0.0141. The molecule has 0 bridgehead atoms. The highest BCUT2D eigenvalue weighted by atomic mass is 32.1. The van der Waals surface area contributed by atoms with Gasteiger partial charge in [-0.15, -0.1) is 0 Å². The number of thiocarbonyl (C=S) groups is 1. The van der Waals surface area contributed by atoms with Gasteiger partial charge in [0.05, 0.1) is 18.4 Å². The molecule has 1 aliphatic rings. The Hall–Kier alpha value is -1.69. The largest absolute Gasteiger partial charge is 0.389 e. The van der Waals surface area contributed by atoms with E-state index in [4.69, 9.17) is 18.0 Å². The summed E-state index contributed by atoms with van der Waals surface area (Å²) < 4.78 is 0. The Bertz CT molecular complexity index is 449. The van der Waals surface area contributed by atoms with Gasteiger partial charge >= 0.3 is 0 Å². The Morgan fingerprint density at radius 2 is 2.41 bits per heavy atom. The summed E-state index contributed by atoms with van der Waals surface area (Å²) in [5.41, 5.74) is 7.27. The van der Waals surface area contributed by atoms with E-state index in [0.717, 1.165) is 24.2 Å². The van der Waals surface area contributed by atoms with Crippen molar-refractivity contribution in [2.24, 2.45) is 5.73 Å². The summed E-state index contributed by atoms with van der Waals surface area (Å²) in [5, 5.41) is 2.83. The van der Waals surface area contributed by atoms with Gasteiger partial charge in [0.15, 0.2) is 0 Å². The van der Waals surface area contributed by atoms with Crippen LogP contribution in [0.5, 0.6) is 0 Å². The fourth-order valence-electron chi connectivity index (χ4n) is 1.86. The van der Waals surface area contributed by atoms with Crippen molar-refractivity contribution in [3.63, 3.8) is 0 Å². The molecule has 0 aromatic carbocycles. The summed E-state index contributed by atoms with van der Waals surface area (Å²) in [4.78, 5) is 17.9. The molecule has 0 aliphatic carbocycles. The average Bonchev–Trinajstić information content (AvgIpc) is 2.54. The lowest BCUT2D eigenvalue weighted by molar-refractivity contribution is -0.119. The van der Waals surface area contributed by atoms with Crippen LogP contribution < -0.4 is 16.0 Å². The summed E-state index contributed by atoms with van der Waals surface area (Å²) in [6.45, 7) is 1.82. The molecule has 0 radical (unpaired) electrons. The number of nitrogens with one attached hydrogen (secondary N) is 1. The van der Waals surface area contributed by atoms with Gasteiger partial charge in [0.25, 0.3) is 0 Å². The van der Waals surface area contributed by atoms with Crippen LogP contribution in [-0.2, 0) is 4.79 Å². The van der Waals surface area contributed by atoms with Crippen molar-refractivity contribution in [2.45, 2.75) is 6.42 Å². The van der Waals surface area contributed by atoms with Crippen LogP contribution in [0.2, 0.25) is 0 Å². The first-order valence-corrected chi connectivity index (χ1v) is 5.85. The van der Waals surface area contributed by atoms with Crippen molar-refractivity contribution in [1.29, 1.82) is 0 Å². The van der Waals surface area contributed by atoms with E-state index in [1.54, 1.807) is 18.5 Å². The first-order chi connectivity index (χ1) is 8.18. The van der Waals surface area contributed by atoms with Crippen molar-refractivity contribution in [2.75, 3.05) is 24.5 Å². The normalized spacial score (nSPS) is 16.2. The van der Waals surface area contributed by atoms with E-state index < -0.39 is 0 Å². The highest BCUT2D eigenvalue weighted by Crippen LogP contribution is 2.19. The van der Waals surface area contributed by atoms with E-state index in [1.807, 2.05) is 4.90 Å². The number of anilines is 1. The summed E-state index contributed by atoms with van der Waals surface area (Å²) >= 11 is 5.00. The molecule has 1 amide bonds. The minimum atomic E-state index is 0.0141. The van der Waals surface area contributed by atoms with Crippen molar-refractivity contribution in [3.05, 3.63) is 24.0 Å². The van der Waals surface area contributed by atoms with Crippen LogP contribution >= 0.6 is 12.2 Å². The van der Waals surface area contributed by atoms with E-state index in [9.17, 15) is 4.79 Å². The number of carbonyl (C=O) groups is 1. The quantitative estimate of drug-likeness (QED) is 0.725. The van der Waals surface area contributed by atoms with E-state index >= 15 is 0 Å². The highest BCUT2D eigenvalue weighted by molar-refractivity contribution is 7.80. The molecular weight excluding hydrogens is 236 g/mol. The molecule has 90 valence electrons. The molecule has 0 unspecified atom stereocenters. The second-order valence-electron chi connectivity index (χ2n) is 3.88. The number of carbonyl (C=O) groups excluding carboxylic acids is 1. The van der Waals surface area contributed by atoms with Crippen LogP contribution in [0, 0.1) is 0 Å². The Balaban J connectivity index is 2.31. The third-order valence-corrected chi connectivity index (χ3v) is 2.89. The molecule has 1 aliphatic heterocycles. The third kappa shape index (κ3) is 2.71. The van der Waals surface area contributed by atoms with Crippen molar-refractivity contribution in [3.8, 4) is 0 Å². The number of amides is 1. The maximum atomic E-state index is 11.5. The SMILES string of the molecule is NC(=S)c1ccncc1N1CCCNC(=O)C1. The number of pyridine rings is 1. The van der Waals surface area contributed by atoms with Crippen LogP contribution in [-0.4, -0.2) is 35.5 Å². The number of hydrogen-bond donors (Lipinski definition) is 2. The number of hydrogen-bond acceptors (Lipinski definition) is 4. The number of rotatable bonds is 2. The Morgan fingerprint density at radius 3 is 3.18 bits per heavy atom. The Labute approximate surface area is 105 Å². The van der Waals surface area contributed by atoms with Gasteiger partial charge in [-0.3, -0.25) is 9.78 Å². The van der Waals surface area contributed by atoms with Crippen LogP contribution in [0.4, 0.5) is 5.69 Å². The van der Waals surface area contributed by atoms with Crippen molar-refractivity contribution >= 4 is 28.8 Å². The average molecular weight is 250 g/mol. The molecule has 1 saturated heterocycles. The molecule has 2 heterocycles. The van der Waals surface area contributed by atoms with Gasteiger partial charge in [0, 0.05) is 24.8 Å². The topological polar surface area (TPSA) is 71.2 Å². The van der Waals surface area contributed by atoms with Gasteiger partial charge in [0.1, 0.15) is 4.99 Å². The van der Waals surface area contributed by atoms with E-state index in [0.29, 0.717) is 18.1 Å². The van der Waals surface area contributed by atoms with Gasteiger partial charge in [0.2, 0.25) is 5.91 Å². The molecule has 0 atom stereocenters. The molecule has 3 N–H and O–H groups in total.